The second-order valence-electron chi connectivity index (χ2n) is 4.48. The number of carboxylic acid groups (broad SMARTS) is 1. The van der Waals surface area contributed by atoms with Gasteiger partial charge >= 0.3 is 5.97 Å². The summed E-state index contributed by atoms with van der Waals surface area (Å²) in [6, 6.07) is 14.7. The first-order chi connectivity index (χ1) is 10.1. The van der Waals surface area contributed by atoms with Gasteiger partial charge in [0.25, 0.3) is 0 Å². The molecule has 0 radical (unpaired) electrons. The number of carboxylic acids is 1. The van der Waals surface area contributed by atoms with Gasteiger partial charge in [-0.25, -0.2) is 4.79 Å². The lowest BCUT2D eigenvalue weighted by Gasteiger charge is -2.09. The number of aromatic carboxylic acids is 1. The fourth-order valence-electron chi connectivity index (χ4n) is 2.06. The number of rotatable bonds is 4. The Kier molecular flexibility index (Phi) is 3.72. The predicted octanol–water partition coefficient (Wildman–Crippen LogP) is 4.20. The lowest BCUT2D eigenvalue weighted by Crippen LogP contribution is -2.07. The second-order valence-corrected chi connectivity index (χ2v) is 6.16. The van der Waals surface area contributed by atoms with Gasteiger partial charge in [0.2, 0.25) is 0 Å². The van der Waals surface area contributed by atoms with Crippen molar-refractivity contribution in [2.75, 3.05) is 5.32 Å². The molecule has 0 fully saturated rings. The van der Waals surface area contributed by atoms with Gasteiger partial charge in [0.1, 0.15) is 0 Å². The Morgan fingerprint density at radius 2 is 1.90 bits per heavy atom. The number of nitrogens with zero attached hydrogens (tertiary/aromatic N) is 1. The van der Waals surface area contributed by atoms with Crippen molar-refractivity contribution in [3.8, 4) is 0 Å². The van der Waals surface area contributed by atoms with Gasteiger partial charge in [0.05, 0.1) is 22.4 Å². The molecule has 0 aliphatic carbocycles. The zero-order valence-corrected chi connectivity index (χ0v) is 12.6. The third-order valence-electron chi connectivity index (χ3n) is 3.15. The number of aromatic nitrogens is 1. The SMILES string of the molecule is O=C(O)c1ccc(NCn2c(=S)sc3ccccc32)cc1. The molecule has 6 heteroatoms. The van der Waals surface area contributed by atoms with Crippen molar-refractivity contribution in [3.05, 3.63) is 58.0 Å². The third kappa shape index (κ3) is 2.81. The summed E-state index contributed by atoms with van der Waals surface area (Å²) in [6.45, 7) is 0.551. The first-order valence-corrected chi connectivity index (χ1v) is 7.53. The highest BCUT2D eigenvalue weighted by molar-refractivity contribution is 7.73. The minimum atomic E-state index is -0.924. The molecule has 1 aromatic heterocycles. The first kappa shape index (κ1) is 13.8. The molecule has 1 heterocycles. The highest BCUT2D eigenvalue weighted by atomic mass is 32.1. The number of fused-ring (bicyclic) bond motifs is 1. The molecule has 0 atom stereocenters. The second kappa shape index (κ2) is 5.67. The molecule has 3 aromatic rings. The zero-order valence-electron chi connectivity index (χ0n) is 10.9. The number of para-hydroxylation sites is 1. The molecule has 0 aliphatic heterocycles. The van der Waals surface area contributed by atoms with E-state index in [1.54, 1.807) is 35.6 Å². The van der Waals surface area contributed by atoms with E-state index in [4.69, 9.17) is 17.3 Å². The minimum Gasteiger partial charge on any atom is -0.478 e. The predicted molar refractivity (Wildman–Crippen MR) is 87.7 cm³/mol. The van der Waals surface area contributed by atoms with Crippen molar-refractivity contribution in [2.45, 2.75) is 6.67 Å². The molecule has 2 N–H and O–H groups in total. The highest BCUT2D eigenvalue weighted by Gasteiger charge is 2.05. The van der Waals surface area contributed by atoms with Gasteiger partial charge in [0, 0.05) is 5.69 Å². The molecule has 0 bridgehead atoms. The van der Waals surface area contributed by atoms with Crippen molar-refractivity contribution in [1.29, 1.82) is 0 Å². The molecule has 0 saturated heterocycles. The topological polar surface area (TPSA) is 54.3 Å². The van der Waals surface area contributed by atoms with Crippen LogP contribution in [0.2, 0.25) is 0 Å². The average molecular weight is 316 g/mol. The maximum absolute atomic E-state index is 10.8. The molecule has 0 amide bonds. The smallest absolute Gasteiger partial charge is 0.335 e. The van der Waals surface area contributed by atoms with E-state index in [9.17, 15) is 4.79 Å². The van der Waals surface area contributed by atoms with Crippen molar-refractivity contribution in [2.24, 2.45) is 0 Å². The van der Waals surface area contributed by atoms with Crippen LogP contribution in [0.15, 0.2) is 48.5 Å². The molecule has 0 unspecified atom stereocenters. The van der Waals surface area contributed by atoms with Crippen LogP contribution in [-0.4, -0.2) is 15.6 Å². The van der Waals surface area contributed by atoms with E-state index in [0.29, 0.717) is 6.67 Å². The summed E-state index contributed by atoms with van der Waals surface area (Å²) in [6.07, 6.45) is 0. The lowest BCUT2D eigenvalue weighted by atomic mass is 10.2. The molecule has 2 aromatic carbocycles. The van der Waals surface area contributed by atoms with Crippen LogP contribution in [0.3, 0.4) is 0 Å². The summed E-state index contributed by atoms with van der Waals surface area (Å²) in [7, 11) is 0. The average Bonchev–Trinajstić information content (AvgIpc) is 2.81. The molecule has 0 spiro atoms. The number of anilines is 1. The number of thiazole rings is 1. The minimum absolute atomic E-state index is 0.276. The summed E-state index contributed by atoms with van der Waals surface area (Å²) in [5.74, 6) is -0.924. The monoisotopic (exact) mass is 316 g/mol. The van der Waals surface area contributed by atoms with Crippen molar-refractivity contribution < 1.29 is 9.90 Å². The van der Waals surface area contributed by atoms with Gasteiger partial charge in [-0.1, -0.05) is 12.1 Å². The number of carbonyl (C=O) groups is 1. The Bertz CT molecular complexity index is 850. The summed E-state index contributed by atoms with van der Waals surface area (Å²) < 4.78 is 4.00. The maximum Gasteiger partial charge on any atom is 0.335 e. The molecule has 3 rings (SSSR count). The Labute approximate surface area is 130 Å². The number of benzene rings is 2. The van der Waals surface area contributed by atoms with Crippen LogP contribution in [-0.2, 0) is 6.67 Å². The van der Waals surface area contributed by atoms with E-state index in [-0.39, 0.29) is 5.56 Å². The maximum atomic E-state index is 10.8. The Hall–Kier alpha value is -2.18. The van der Waals surface area contributed by atoms with Crippen LogP contribution in [0.4, 0.5) is 5.69 Å². The van der Waals surface area contributed by atoms with Gasteiger partial charge < -0.3 is 15.0 Å². The normalized spacial score (nSPS) is 10.7. The van der Waals surface area contributed by atoms with Crippen LogP contribution in [0.1, 0.15) is 10.4 Å². The largest absolute Gasteiger partial charge is 0.478 e. The van der Waals surface area contributed by atoms with E-state index >= 15 is 0 Å². The van der Waals surface area contributed by atoms with Gasteiger partial charge in [-0.05, 0) is 48.6 Å². The van der Waals surface area contributed by atoms with Crippen LogP contribution in [0, 0.1) is 3.95 Å². The summed E-state index contributed by atoms with van der Waals surface area (Å²) in [5, 5.41) is 12.1. The van der Waals surface area contributed by atoms with E-state index in [1.807, 2.05) is 28.8 Å². The Balaban J connectivity index is 1.82. The van der Waals surface area contributed by atoms with Crippen LogP contribution >= 0.6 is 23.6 Å². The van der Waals surface area contributed by atoms with E-state index in [2.05, 4.69) is 5.32 Å². The fourth-order valence-corrected chi connectivity index (χ4v) is 3.39. The quantitative estimate of drug-likeness (QED) is 0.708. The number of hydrogen-bond acceptors (Lipinski definition) is 4. The summed E-state index contributed by atoms with van der Waals surface area (Å²) in [5.41, 5.74) is 2.23. The lowest BCUT2D eigenvalue weighted by molar-refractivity contribution is 0.0697. The molecule has 0 saturated carbocycles. The Morgan fingerprint density at radius 3 is 2.62 bits per heavy atom. The molecule has 21 heavy (non-hydrogen) atoms. The Morgan fingerprint density at radius 1 is 1.19 bits per heavy atom. The van der Waals surface area contributed by atoms with Gasteiger partial charge in [-0.15, -0.1) is 11.3 Å². The summed E-state index contributed by atoms with van der Waals surface area (Å²) >= 11 is 6.97. The molecule has 4 nitrogen and oxygen atoms in total. The van der Waals surface area contributed by atoms with Crippen LogP contribution in [0.25, 0.3) is 10.2 Å². The highest BCUT2D eigenvalue weighted by Crippen LogP contribution is 2.22. The number of hydrogen-bond donors (Lipinski definition) is 2. The molecule has 0 aliphatic rings. The molecule has 106 valence electrons. The van der Waals surface area contributed by atoms with Crippen LogP contribution < -0.4 is 5.32 Å². The van der Waals surface area contributed by atoms with Crippen molar-refractivity contribution in [3.63, 3.8) is 0 Å². The van der Waals surface area contributed by atoms with Crippen molar-refractivity contribution >= 4 is 45.4 Å². The molecular weight excluding hydrogens is 304 g/mol. The van der Waals surface area contributed by atoms with Crippen LogP contribution in [0.5, 0.6) is 0 Å². The zero-order chi connectivity index (χ0) is 14.8. The van der Waals surface area contributed by atoms with Gasteiger partial charge in [-0.3, -0.25) is 0 Å². The number of nitrogens with one attached hydrogen (secondary N) is 1. The standard InChI is InChI=1S/C15H12N2O2S2/c18-14(19)10-5-7-11(8-6-10)16-9-17-12-3-1-2-4-13(12)21-15(17)20/h1-8,16H,9H2,(H,18,19). The van der Waals surface area contributed by atoms with E-state index in [1.165, 1.54) is 0 Å². The fraction of sp³-hybridized carbons (Fsp3) is 0.0667. The third-order valence-corrected chi connectivity index (χ3v) is 4.58. The molecular formula is C15H12N2O2S2. The first-order valence-electron chi connectivity index (χ1n) is 6.31. The van der Waals surface area contributed by atoms with Gasteiger partial charge in [0.15, 0.2) is 3.95 Å². The van der Waals surface area contributed by atoms with E-state index in [0.717, 1.165) is 19.9 Å². The van der Waals surface area contributed by atoms with Gasteiger partial charge in [-0.2, -0.15) is 0 Å². The van der Waals surface area contributed by atoms with E-state index < -0.39 is 5.97 Å². The summed E-state index contributed by atoms with van der Waals surface area (Å²) in [4.78, 5) is 10.8. The van der Waals surface area contributed by atoms with Crippen molar-refractivity contribution in [1.82, 2.24) is 4.57 Å².